The van der Waals surface area contributed by atoms with Crippen molar-refractivity contribution in [3.8, 4) is 0 Å². The number of amidine groups is 1. The van der Waals surface area contributed by atoms with Gasteiger partial charge in [-0.25, -0.2) is 0 Å². The molecule has 1 fully saturated rings. The van der Waals surface area contributed by atoms with E-state index >= 15 is 0 Å². The number of rotatable bonds is 6. The number of amides is 2. The molecular formula is C24H29ClN6O2S. The van der Waals surface area contributed by atoms with Gasteiger partial charge in [-0.05, 0) is 35.6 Å². The number of piperazine rings is 1. The lowest BCUT2D eigenvalue weighted by Gasteiger charge is -2.40. The molecule has 5 rings (SSSR count). The van der Waals surface area contributed by atoms with E-state index in [1.807, 2.05) is 39.4 Å². The lowest BCUT2D eigenvalue weighted by molar-refractivity contribution is -0.131. The average molecular weight is 501 g/mol. The molecule has 1 unspecified atom stereocenters. The molecule has 0 aliphatic carbocycles. The first-order chi connectivity index (χ1) is 16.4. The van der Waals surface area contributed by atoms with Crippen LogP contribution in [-0.4, -0.2) is 66.5 Å². The van der Waals surface area contributed by atoms with Gasteiger partial charge in [0.25, 0.3) is 5.91 Å². The molecule has 1 aromatic carbocycles. The smallest absolute Gasteiger partial charge is 0.269 e. The number of fused-ring (bicyclic) bond motifs is 3. The van der Waals surface area contributed by atoms with E-state index in [0.29, 0.717) is 38.4 Å². The summed E-state index contributed by atoms with van der Waals surface area (Å²) in [6, 6.07) is 9.81. The molecule has 10 heteroatoms. The molecule has 0 bridgehead atoms. The molecule has 0 radical (unpaired) electrons. The summed E-state index contributed by atoms with van der Waals surface area (Å²) in [6.07, 6.45) is 0.581. The highest BCUT2D eigenvalue weighted by molar-refractivity contribution is 7.12. The van der Waals surface area contributed by atoms with Gasteiger partial charge in [0.05, 0.1) is 5.69 Å². The van der Waals surface area contributed by atoms with Crippen molar-refractivity contribution < 1.29 is 9.59 Å². The molecule has 1 atom stereocenters. The lowest BCUT2D eigenvalue weighted by atomic mass is 10.1. The van der Waals surface area contributed by atoms with Gasteiger partial charge in [0, 0.05) is 56.3 Å². The van der Waals surface area contributed by atoms with Crippen molar-refractivity contribution in [2.24, 2.45) is 11.0 Å². The van der Waals surface area contributed by atoms with Crippen molar-refractivity contribution in [2.45, 2.75) is 33.0 Å². The summed E-state index contributed by atoms with van der Waals surface area (Å²) in [4.78, 5) is 34.9. The maximum atomic E-state index is 13.0. The predicted molar refractivity (Wildman–Crippen MR) is 137 cm³/mol. The minimum atomic E-state index is -0.330. The summed E-state index contributed by atoms with van der Waals surface area (Å²) in [7, 11) is 0. The zero-order chi connectivity index (χ0) is 23.8. The van der Waals surface area contributed by atoms with E-state index < -0.39 is 0 Å². The van der Waals surface area contributed by atoms with E-state index in [4.69, 9.17) is 11.6 Å². The number of hydrogen-bond donors (Lipinski definition) is 1. The van der Waals surface area contributed by atoms with Crippen LogP contribution in [0.5, 0.6) is 0 Å². The van der Waals surface area contributed by atoms with E-state index in [2.05, 4.69) is 40.2 Å². The van der Waals surface area contributed by atoms with Crippen LogP contribution in [0.4, 0.5) is 11.4 Å². The number of thiophene rings is 1. The molecule has 1 aromatic heterocycles. The summed E-state index contributed by atoms with van der Waals surface area (Å²) in [5.41, 5.74) is 5.11. The first-order valence-electron chi connectivity index (χ1n) is 11.7. The first-order valence-corrected chi connectivity index (χ1v) is 13.0. The maximum Gasteiger partial charge on any atom is 0.269 e. The summed E-state index contributed by atoms with van der Waals surface area (Å²) in [6.45, 7) is 7.79. The molecule has 2 amide bonds. The van der Waals surface area contributed by atoms with Gasteiger partial charge in [0.2, 0.25) is 12.2 Å². The third-order valence-electron chi connectivity index (χ3n) is 6.42. The Kier molecular flexibility index (Phi) is 6.40. The fourth-order valence-electron chi connectivity index (χ4n) is 4.77. The van der Waals surface area contributed by atoms with E-state index in [1.54, 1.807) is 0 Å². The highest BCUT2D eigenvalue weighted by Crippen LogP contribution is 2.37. The van der Waals surface area contributed by atoms with Crippen LogP contribution in [0.3, 0.4) is 0 Å². The Bertz CT molecular complexity index is 1110. The molecule has 0 saturated carbocycles. The normalized spacial score (nSPS) is 19.8. The Hall–Kier alpha value is -2.78. The Labute approximate surface area is 208 Å². The minimum absolute atomic E-state index is 0.0394. The zero-order valence-corrected chi connectivity index (χ0v) is 21.0. The van der Waals surface area contributed by atoms with Crippen LogP contribution in [0.25, 0.3) is 0 Å². The number of carbonyl (C=O) groups excluding carboxylic acids is 2. The quantitative estimate of drug-likeness (QED) is 0.655. The standard InChI is InChI=1S/C24H29ClN6O2S/c1-16(2)15-30-23(33)22-19(8-13-34-22)31-20(26-27-24(30)31)6-7-21(32)29-11-9-28(10-12-29)18-5-3-4-17(25)14-18/h3-5,8,13-14,16,24,27H,6-7,9-12,15H2,1-2H3. The summed E-state index contributed by atoms with van der Waals surface area (Å²) >= 11 is 7.59. The zero-order valence-electron chi connectivity index (χ0n) is 19.4. The van der Waals surface area contributed by atoms with Gasteiger partial charge in [-0.2, -0.15) is 5.10 Å². The van der Waals surface area contributed by atoms with Crippen molar-refractivity contribution in [2.75, 3.05) is 42.5 Å². The highest BCUT2D eigenvalue weighted by atomic mass is 35.5. The molecule has 3 aliphatic heterocycles. The molecular weight excluding hydrogens is 472 g/mol. The second kappa shape index (κ2) is 9.46. The molecule has 1 saturated heterocycles. The number of halogens is 1. The van der Waals surface area contributed by atoms with Crippen LogP contribution < -0.4 is 15.2 Å². The Morgan fingerprint density at radius 3 is 2.76 bits per heavy atom. The predicted octanol–water partition coefficient (Wildman–Crippen LogP) is 3.65. The van der Waals surface area contributed by atoms with Crippen LogP contribution in [0.15, 0.2) is 40.8 Å². The fraction of sp³-hybridized carbons (Fsp3) is 0.458. The summed E-state index contributed by atoms with van der Waals surface area (Å²) in [5.74, 6) is 1.31. The van der Waals surface area contributed by atoms with Crippen molar-refractivity contribution in [1.82, 2.24) is 15.2 Å². The molecule has 34 heavy (non-hydrogen) atoms. The van der Waals surface area contributed by atoms with Gasteiger partial charge >= 0.3 is 0 Å². The van der Waals surface area contributed by atoms with Crippen molar-refractivity contribution >= 4 is 52.0 Å². The Morgan fingerprint density at radius 2 is 2.03 bits per heavy atom. The molecule has 2 aromatic rings. The van der Waals surface area contributed by atoms with E-state index in [9.17, 15) is 9.59 Å². The maximum absolute atomic E-state index is 13.0. The van der Waals surface area contributed by atoms with Crippen LogP contribution in [0.1, 0.15) is 36.4 Å². The monoisotopic (exact) mass is 500 g/mol. The number of anilines is 2. The third-order valence-corrected chi connectivity index (χ3v) is 7.54. The van der Waals surface area contributed by atoms with Crippen molar-refractivity contribution in [3.05, 3.63) is 45.6 Å². The fourth-order valence-corrected chi connectivity index (χ4v) is 5.80. The molecule has 180 valence electrons. The highest BCUT2D eigenvalue weighted by Gasteiger charge is 2.43. The average Bonchev–Trinajstić information content (AvgIpc) is 3.47. The number of nitrogens with zero attached hydrogens (tertiary/aromatic N) is 5. The molecule has 4 heterocycles. The van der Waals surface area contributed by atoms with Crippen LogP contribution in [-0.2, 0) is 4.79 Å². The van der Waals surface area contributed by atoms with Crippen LogP contribution in [0.2, 0.25) is 5.02 Å². The van der Waals surface area contributed by atoms with Crippen LogP contribution in [0, 0.1) is 5.92 Å². The number of carbonyl (C=O) groups is 2. The second-order valence-corrected chi connectivity index (χ2v) is 10.6. The Balaban J connectivity index is 1.20. The van der Waals surface area contributed by atoms with Gasteiger partial charge in [0.15, 0.2) is 0 Å². The topological polar surface area (TPSA) is 71.5 Å². The largest absolute Gasteiger partial charge is 0.368 e. The number of nitrogens with one attached hydrogen (secondary N) is 1. The van der Waals surface area contributed by atoms with Crippen molar-refractivity contribution in [3.63, 3.8) is 0 Å². The Morgan fingerprint density at radius 1 is 1.24 bits per heavy atom. The second-order valence-electron chi connectivity index (χ2n) is 9.23. The minimum Gasteiger partial charge on any atom is -0.368 e. The number of benzene rings is 1. The number of hydrazone groups is 1. The molecule has 8 nitrogen and oxygen atoms in total. The van der Waals surface area contributed by atoms with Gasteiger partial charge in [-0.3, -0.25) is 24.8 Å². The molecule has 1 N–H and O–H groups in total. The summed E-state index contributed by atoms with van der Waals surface area (Å²) in [5, 5.41) is 7.21. The van der Waals surface area contributed by atoms with E-state index in [-0.39, 0.29) is 18.1 Å². The summed E-state index contributed by atoms with van der Waals surface area (Å²) < 4.78 is 0. The van der Waals surface area contributed by atoms with Crippen LogP contribution >= 0.6 is 22.9 Å². The number of hydrogen-bond acceptors (Lipinski definition) is 7. The third kappa shape index (κ3) is 4.34. The molecule has 0 spiro atoms. The van der Waals surface area contributed by atoms with Gasteiger partial charge < -0.3 is 9.80 Å². The van der Waals surface area contributed by atoms with E-state index in [1.165, 1.54) is 11.3 Å². The SMILES string of the molecule is CC(C)CN1C(=O)c2sccc2N2C(CCC(=O)N3CCN(c4cccc(Cl)c4)CC3)=NNC12. The lowest BCUT2D eigenvalue weighted by Crippen LogP contribution is -2.59. The van der Waals surface area contributed by atoms with Gasteiger partial charge in [0.1, 0.15) is 10.7 Å². The van der Waals surface area contributed by atoms with E-state index in [0.717, 1.165) is 40.2 Å². The van der Waals surface area contributed by atoms with Gasteiger partial charge in [-0.1, -0.05) is 31.5 Å². The van der Waals surface area contributed by atoms with Gasteiger partial charge in [-0.15, -0.1) is 11.3 Å². The van der Waals surface area contributed by atoms with Crippen molar-refractivity contribution in [1.29, 1.82) is 0 Å². The first kappa shape index (κ1) is 23.0. The molecule has 3 aliphatic rings.